The molecule has 0 amide bonds. The van der Waals surface area contributed by atoms with Gasteiger partial charge in [-0.2, -0.15) is 0 Å². The second-order valence-electron chi connectivity index (χ2n) is 5.98. The second kappa shape index (κ2) is 5.05. The fourth-order valence-electron chi connectivity index (χ4n) is 3.55. The molecule has 3 aromatic rings. The molecule has 106 valence electrons. The number of nitrogens with zero attached hydrogens (tertiary/aromatic N) is 1. The average Bonchev–Trinajstić information content (AvgIpc) is 2.92. The molecule has 2 heteroatoms. The van der Waals surface area contributed by atoms with E-state index < -0.39 is 0 Å². The molecule has 0 saturated heterocycles. The molecule has 2 nitrogen and oxygen atoms in total. The first kappa shape index (κ1) is 12.7. The minimum Gasteiger partial charge on any atom is -0.347 e. The van der Waals surface area contributed by atoms with Crippen molar-refractivity contribution in [3.8, 4) is 0 Å². The molecule has 0 bridgehead atoms. The lowest BCUT2D eigenvalue weighted by Crippen LogP contribution is -2.18. The first-order valence-corrected chi connectivity index (χ1v) is 7.73. The van der Waals surface area contributed by atoms with Crippen LogP contribution in [0.5, 0.6) is 0 Å². The molecule has 0 fully saturated rings. The topological polar surface area (TPSA) is 30.9 Å². The molecular weight excluding hydrogens is 256 g/mol. The minimum atomic E-state index is 0.225. The van der Waals surface area contributed by atoms with Crippen LogP contribution in [0, 0.1) is 0 Å². The quantitative estimate of drug-likeness (QED) is 0.753. The molecule has 1 aliphatic rings. The van der Waals surface area contributed by atoms with Gasteiger partial charge in [-0.25, -0.2) is 0 Å². The van der Waals surface area contributed by atoms with Crippen molar-refractivity contribution >= 4 is 10.8 Å². The summed E-state index contributed by atoms with van der Waals surface area (Å²) in [4.78, 5) is 0. The van der Waals surface area contributed by atoms with Crippen molar-refractivity contribution in [3.63, 3.8) is 0 Å². The lowest BCUT2D eigenvalue weighted by atomic mass is 9.93. The molecule has 21 heavy (non-hydrogen) atoms. The average molecular weight is 276 g/mol. The van der Waals surface area contributed by atoms with Crippen molar-refractivity contribution in [2.45, 2.75) is 31.8 Å². The lowest BCUT2D eigenvalue weighted by Gasteiger charge is -2.21. The lowest BCUT2D eigenvalue weighted by molar-refractivity contribution is 0.548. The van der Waals surface area contributed by atoms with Gasteiger partial charge >= 0.3 is 0 Å². The molecule has 1 atom stereocenters. The fourth-order valence-corrected chi connectivity index (χ4v) is 3.55. The van der Waals surface area contributed by atoms with Gasteiger partial charge < -0.3 is 10.3 Å². The molecule has 0 spiro atoms. The van der Waals surface area contributed by atoms with Gasteiger partial charge in [-0.15, -0.1) is 0 Å². The Morgan fingerprint density at radius 1 is 1.05 bits per heavy atom. The second-order valence-corrected chi connectivity index (χ2v) is 5.98. The van der Waals surface area contributed by atoms with Gasteiger partial charge in [-0.3, -0.25) is 0 Å². The first-order chi connectivity index (χ1) is 10.3. The molecule has 4 rings (SSSR count). The number of aromatic nitrogens is 1. The molecule has 1 heterocycles. The summed E-state index contributed by atoms with van der Waals surface area (Å²) in [5.41, 5.74) is 10.4. The predicted octanol–water partition coefficient (Wildman–Crippen LogP) is 4.03. The van der Waals surface area contributed by atoms with E-state index >= 15 is 0 Å². The molecule has 0 radical (unpaired) electrons. The van der Waals surface area contributed by atoms with Crippen molar-refractivity contribution in [1.29, 1.82) is 0 Å². The van der Waals surface area contributed by atoms with Crippen molar-refractivity contribution in [2.24, 2.45) is 5.73 Å². The molecule has 2 aromatic carbocycles. The van der Waals surface area contributed by atoms with Gasteiger partial charge in [-0.05, 0) is 47.2 Å². The van der Waals surface area contributed by atoms with Crippen LogP contribution in [0.3, 0.4) is 0 Å². The summed E-state index contributed by atoms with van der Waals surface area (Å²) >= 11 is 0. The molecule has 1 unspecified atom stereocenters. The predicted molar refractivity (Wildman–Crippen MR) is 87.3 cm³/mol. The summed E-state index contributed by atoms with van der Waals surface area (Å²) in [5, 5.41) is 2.66. The minimum absolute atomic E-state index is 0.225. The maximum atomic E-state index is 6.23. The largest absolute Gasteiger partial charge is 0.347 e. The van der Waals surface area contributed by atoms with Crippen molar-refractivity contribution in [2.75, 3.05) is 0 Å². The van der Waals surface area contributed by atoms with Crippen LogP contribution in [0.1, 0.15) is 35.7 Å². The highest BCUT2D eigenvalue weighted by Gasteiger charge is 2.20. The van der Waals surface area contributed by atoms with E-state index in [4.69, 9.17) is 5.73 Å². The van der Waals surface area contributed by atoms with Crippen LogP contribution >= 0.6 is 0 Å². The molecule has 1 aliphatic carbocycles. The van der Waals surface area contributed by atoms with Gasteiger partial charge in [0.2, 0.25) is 0 Å². The van der Waals surface area contributed by atoms with Crippen LogP contribution in [-0.4, -0.2) is 4.57 Å². The Morgan fingerprint density at radius 2 is 1.90 bits per heavy atom. The van der Waals surface area contributed by atoms with E-state index in [0.717, 1.165) is 19.4 Å². The maximum absolute atomic E-state index is 6.23. The zero-order valence-electron chi connectivity index (χ0n) is 12.1. The van der Waals surface area contributed by atoms with E-state index in [1.807, 2.05) is 0 Å². The summed E-state index contributed by atoms with van der Waals surface area (Å²) in [5.74, 6) is 0. The molecule has 0 aliphatic heterocycles. The first-order valence-electron chi connectivity index (χ1n) is 7.73. The highest BCUT2D eigenvalue weighted by atomic mass is 15.0. The van der Waals surface area contributed by atoms with Crippen LogP contribution in [0.15, 0.2) is 54.7 Å². The van der Waals surface area contributed by atoms with E-state index in [0.29, 0.717) is 0 Å². The maximum Gasteiger partial charge on any atom is 0.0479 e. The van der Waals surface area contributed by atoms with Crippen LogP contribution in [0.25, 0.3) is 10.8 Å². The summed E-state index contributed by atoms with van der Waals surface area (Å²) < 4.78 is 2.39. The van der Waals surface area contributed by atoms with E-state index in [1.54, 1.807) is 0 Å². The summed E-state index contributed by atoms with van der Waals surface area (Å²) in [6.45, 7) is 0.934. The van der Waals surface area contributed by atoms with Crippen LogP contribution in [0.2, 0.25) is 0 Å². The number of hydrogen-bond donors (Lipinski definition) is 1. The smallest absolute Gasteiger partial charge is 0.0479 e. The Morgan fingerprint density at radius 3 is 2.86 bits per heavy atom. The molecule has 0 saturated carbocycles. The standard InChI is InChI=1S/C19H20N2/c20-18-9-4-10-19-17(18)11-12-21(19)13-15-7-3-6-14-5-1-2-8-16(14)15/h1-3,5-8,11-12,18H,4,9-10,13,20H2. The van der Waals surface area contributed by atoms with E-state index in [-0.39, 0.29) is 6.04 Å². The highest BCUT2D eigenvalue weighted by Crippen LogP contribution is 2.30. The van der Waals surface area contributed by atoms with Gasteiger partial charge in [0.1, 0.15) is 0 Å². The Hall–Kier alpha value is -2.06. The molecule has 1 aromatic heterocycles. The van der Waals surface area contributed by atoms with Gasteiger partial charge in [0, 0.05) is 24.5 Å². The van der Waals surface area contributed by atoms with Crippen molar-refractivity contribution < 1.29 is 0 Å². The van der Waals surface area contributed by atoms with E-state index in [2.05, 4.69) is 59.3 Å². The number of hydrogen-bond acceptors (Lipinski definition) is 1. The fraction of sp³-hybridized carbons (Fsp3) is 0.263. The van der Waals surface area contributed by atoms with Crippen LogP contribution in [-0.2, 0) is 13.0 Å². The van der Waals surface area contributed by atoms with Gasteiger partial charge in [0.15, 0.2) is 0 Å². The monoisotopic (exact) mass is 276 g/mol. The Labute approximate surface area is 125 Å². The van der Waals surface area contributed by atoms with E-state index in [1.165, 1.54) is 34.0 Å². The van der Waals surface area contributed by atoms with Gasteiger partial charge in [0.05, 0.1) is 0 Å². The zero-order valence-corrected chi connectivity index (χ0v) is 12.1. The number of nitrogens with two attached hydrogens (primary N) is 1. The summed E-state index contributed by atoms with van der Waals surface area (Å²) in [7, 11) is 0. The van der Waals surface area contributed by atoms with Gasteiger partial charge in [0.25, 0.3) is 0 Å². The summed E-state index contributed by atoms with van der Waals surface area (Å²) in [6.07, 6.45) is 5.68. The van der Waals surface area contributed by atoms with Gasteiger partial charge in [-0.1, -0.05) is 42.5 Å². The summed E-state index contributed by atoms with van der Waals surface area (Å²) in [6, 6.07) is 17.6. The van der Waals surface area contributed by atoms with Crippen LogP contribution in [0.4, 0.5) is 0 Å². The third-order valence-corrected chi connectivity index (χ3v) is 4.66. The van der Waals surface area contributed by atoms with Crippen molar-refractivity contribution in [3.05, 3.63) is 71.5 Å². The number of rotatable bonds is 2. The Kier molecular flexibility index (Phi) is 3.04. The zero-order chi connectivity index (χ0) is 14.2. The van der Waals surface area contributed by atoms with Crippen LogP contribution < -0.4 is 5.73 Å². The Bertz CT molecular complexity index is 780. The number of fused-ring (bicyclic) bond motifs is 2. The number of benzene rings is 2. The normalized spacial score (nSPS) is 17.9. The Balaban J connectivity index is 1.76. The molecular formula is C19H20N2. The van der Waals surface area contributed by atoms with Crippen molar-refractivity contribution in [1.82, 2.24) is 4.57 Å². The van der Waals surface area contributed by atoms with E-state index in [9.17, 15) is 0 Å². The third-order valence-electron chi connectivity index (χ3n) is 4.66. The SMILES string of the molecule is NC1CCCc2c1ccn2Cc1cccc2ccccc12. The molecule has 2 N–H and O–H groups in total. The third kappa shape index (κ3) is 2.16. The highest BCUT2D eigenvalue weighted by molar-refractivity contribution is 5.85.